The van der Waals surface area contributed by atoms with E-state index in [1.807, 2.05) is 0 Å². The highest BCUT2D eigenvalue weighted by Gasteiger charge is 2.28. The molecule has 0 aromatic heterocycles. The first-order chi connectivity index (χ1) is 7.35. The maximum atomic E-state index is 5.78. The fourth-order valence-electron chi connectivity index (χ4n) is 2.53. The monoisotopic (exact) mass is 228 g/mol. The molecule has 1 heterocycles. The normalized spacial score (nSPS) is 23.1. The highest BCUT2D eigenvalue weighted by atomic mass is 16.5. The second kappa shape index (κ2) is 5.48. The summed E-state index contributed by atoms with van der Waals surface area (Å²) in [7, 11) is 0. The summed E-state index contributed by atoms with van der Waals surface area (Å²) in [5.41, 5.74) is 0.188. The third-order valence-electron chi connectivity index (χ3n) is 3.01. The lowest BCUT2D eigenvalue weighted by Gasteiger charge is -2.35. The van der Waals surface area contributed by atoms with Crippen molar-refractivity contribution in [3.05, 3.63) is 0 Å². The van der Waals surface area contributed by atoms with Gasteiger partial charge in [-0.1, -0.05) is 0 Å². The van der Waals surface area contributed by atoms with Gasteiger partial charge in [0.2, 0.25) is 0 Å². The molecule has 3 heteroatoms. The largest absolute Gasteiger partial charge is 0.375 e. The molecule has 0 unspecified atom stereocenters. The summed E-state index contributed by atoms with van der Waals surface area (Å²) < 4.78 is 5.78. The van der Waals surface area contributed by atoms with Gasteiger partial charge in [-0.25, -0.2) is 0 Å². The van der Waals surface area contributed by atoms with Crippen molar-refractivity contribution in [2.45, 2.75) is 52.2 Å². The van der Waals surface area contributed by atoms with Gasteiger partial charge in [0.05, 0.1) is 5.60 Å². The Labute approximate surface area is 101 Å². The SMILES string of the molecule is CCOC(C)(C)CN1CCCNC(C)(C)C1. The van der Waals surface area contributed by atoms with Crippen LogP contribution in [-0.4, -0.2) is 48.8 Å². The standard InChI is InChI=1S/C13H28N2O/c1-6-16-13(4,5)11-15-9-7-8-14-12(2,3)10-15/h14H,6-11H2,1-5H3. The lowest BCUT2D eigenvalue weighted by Crippen LogP contribution is -2.49. The molecule has 1 fully saturated rings. The van der Waals surface area contributed by atoms with Crippen LogP contribution in [0, 0.1) is 0 Å². The van der Waals surface area contributed by atoms with Crippen molar-refractivity contribution < 1.29 is 4.74 Å². The van der Waals surface area contributed by atoms with Gasteiger partial charge < -0.3 is 10.1 Å². The van der Waals surface area contributed by atoms with Crippen LogP contribution in [-0.2, 0) is 4.74 Å². The van der Waals surface area contributed by atoms with E-state index in [1.54, 1.807) is 0 Å². The third-order valence-corrected chi connectivity index (χ3v) is 3.01. The summed E-state index contributed by atoms with van der Waals surface area (Å²) in [4.78, 5) is 2.52. The van der Waals surface area contributed by atoms with E-state index in [2.05, 4.69) is 44.8 Å². The van der Waals surface area contributed by atoms with E-state index >= 15 is 0 Å². The highest BCUT2D eigenvalue weighted by molar-refractivity contribution is 4.87. The van der Waals surface area contributed by atoms with E-state index in [4.69, 9.17) is 4.74 Å². The number of nitrogens with zero attached hydrogens (tertiary/aromatic N) is 1. The minimum absolute atomic E-state index is 0.0326. The quantitative estimate of drug-likeness (QED) is 0.795. The Morgan fingerprint density at radius 1 is 1.38 bits per heavy atom. The summed E-state index contributed by atoms with van der Waals surface area (Å²) in [6.45, 7) is 16.2. The summed E-state index contributed by atoms with van der Waals surface area (Å²) >= 11 is 0. The average Bonchev–Trinajstić information content (AvgIpc) is 2.25. The summed E-state index contributed by atoms with van der Waals surface area (Å²) in [6, 6.07) is 0. The average molecular weight is 228 g/mol. The van der Waals surface area contributed by atoms with Gasteiger partial charge in [0.25, 0.3) is 0 Å². The van der Waals surface area contributed by atoms with Crippen molar-refractivity contribution in [3.8, 4) is 0 Å². The van der Waals surface area contributed by atoms with Gasteiger partial charge in [0, 0.05) is 25.2 Å². The third kappa shape index (κ3) is 4.81. The minimum atomic E-state index is -0.0326. The molecule has 96 valence electrons. The number of hydrogen-bond donors (Lipinski definition) is 1. The number of rotatable bonds is 4. The number of hydrogen-bond acceptors (Lipinski definition) is 3. The van der Waals surface area contributed by atoms with E-state index in [0.29, 0.717) is 0 Å². The Morgan fingerprint density at radius 3 is 2.69 bits per heavy atom. The molecule has 1 saturated heterocycles. The van der Waals surface area contributed by atoms with Gasteiger partial charge >= 0.3 is 0 Å². The predicted molar refractivity (Wildman–Crippen MR) is 68.8 cm³/mol. The number of nitrogens with one attached hydrogen (secondary N) is 1. The van der Waals surface area contributed by atoms with E-state index in [9.17, 15) is 0 Å². The van der Waals surface area contributed by atoms with Crippen molar-refractivity contribution in [3.63, 3.8) is 0 Å². The Balaban J connectivity index is 2.52. The molecule has 1 aliphatic heterocycles. The van der Waals surface area contributed by atoms with Crippen LogP contribution in [0.5, 0.6) is 0 Å². The fourth-order valence-corrected chi connectivity index (χ4v) is 2.53. The predicted octanol–water partition coefficient (Wildman–Crippen LogP) is 1.88. The molecular weight excluding hydrogens is 200 g/mol. The van der Waals surface area contributed by atoms with Gasteiger partial charge in [-0.3, -0.25) is 4.90 Å². The Bertz CT molecular complexity index is 214. The summed E-state index contributed by atoms with van der Waals surface area (Å²) in [5.74, 6) is 0. The van der Waals surface area contributed by atoms with Crippen LogP contribution in [0.1, 0.15) is 41.0 Å². The van der Waals surface area contributed by atoms with E-state index in [-0.39, 0.29) is 11.1 Å². The number of ether oxygens (including phenoxy) is 1. The van der Waals surface area contributed by atoms with Crippen LogP contribution in [0.4, 0.5) is 0 Å². The van der Waals surface area contributed by atoms with Crippen molar-refractivity contribution in [1.29, 1.82) is 0 Å². The lowest BCUT2D eigenvalue weighted by atomic mass is 10.0. The van der Waals surface area contributed by atoms with Gasteiger partial charge in [-0.15, -0.1) is 0 Å². The first-order valence-corrected chi connectivity index (χ1v) is 6.46. The van der Waals surface area contributed by atoms with Gasteiger partial charge in [0.15, 0.2) is 0 Å². The molecule has 0 saturated carbocycles. The van der Waals surface area contributed by atoms with E-state index in [1.165, 1.54) is 13.0 Å². The zero-order chi connectivity index (χ0) is 12.2. The molecule has 0 aliphatic carbocycles. The van der Waals surface area contributed by atoms with Gasteiger partial charge in [0.1, 0.15) is 0 Å². The molecule has 0 spiro atoms. The molecule has 1 rings (SSSR count). The maximum absolute atomic E-state index is 5.78. The minimum Gasteiger partial charge on any atom is -0.375 e. The van der Waals surface area contributed by atoms with Crippen molar-refractivity contribution in [2.24, 2.45) is 0 Å². The molecule has 0 amide bonds. The van der Waals surface area contributed by atoms with Crippen LogP contribution in [0.15, 0.2) is 0 Å². The molecule has 0 bridgehead atoms. The van der Waals surface area contributed by atoms with Crippen LogP contribution >= 0.6 is 0 Å². The van der Waals surface area contributed by atoms with E-state index in [0.717, 1.165) is 26.2 Å². The van der Waals surface area contributed by atoms with Crippen molar-refractivity contribution >= 4 is 0 Å². The molecule has 3 nitrogen and oxygen atoms in total. The fraction of sp³-hybridized carbons (Fsp3) is 1.00. The molecule has 1 N–H and O–H groups in total. The summed E-state index contributed by atoms with van der Waals surface area (Å²) in [5, 5.41) is 3.59. The summed E-state index contributed by atoms with van der Waals surface area (Å²) in [6.07, 6.45) is 1.23. The smallest absolute Gasteiger partial charge is 0.0752 e. The topological polar surface area (TPSA) is 24.5 Å². The molecule has 16 heavy (non-hydrogen) atoms. The molecular formula is C13H28N2O. The highest BCUT2D eigenvalue weighted by Crippen LogP contribution is 2.16. The van der Waals surface area contributed by atoms with Crippen LogP contribution in [0.3, 0.4) is 0 Å². The Hall–Kier alpha value is -0.120. The lowest BCUT2D eigenvalue weighted by molar-refractivity contribution is -0.0357. The molecule has 0 atom stereocenters. The zero-order valence-electron chi connectivity index (χ0n) is 11.6. The van der Waals surface area contributed by atoms with Crippen molar-refractivity contribution in [1.82, 2.24) is 10.2 Å². The first-order valence-electron chi connectivity index (χ1n) is 6.46. The Morgan fingerprint density at radius 2 is 2.06 bits per heavy atom. The zero-order valence-corrected chi connectivity index (χ0v) is 11.6. The first kappa shape index (κ1) is 13.9. The van der Waals surface area contributed by atoms with Crippen LogP contribution in [0.2, 0.25) is 0 Å². The molecule has 0 radical (unpaired) electrons. The van der Waals surface area contributed by atoms with Gasteiger partial charge in [-0.2, -0.15) is 0 Å². The second-order valence-corrected chi connectivity index (χ2v) is 6.07. The van der Waals surface area contributed by atoms with Crippen LogP contribution < -0.4 is 5.32 Å². The van der Waals surface area contributed by atoms with Crippen molar-refractivity contribution in [2.75, 3.05) is 32.8 Å². The molecule has 0 aromatic rings. The Kier molecular flexibility index (Phi) is 4.77. The molecule has 1 aliphatic rings. The van der Waals surface area contributed by atoms with Crippen LogP contribution in [0.25, 0.3) is 0 Å². The maximum Gasteiger partial charge on any atom is 0.0752 e. The molecule has 0 aromatic carbocycles. The van der Waals surface area contributed by atoms with E-state index < -0.39 is 0 Å². The van der Waals surface area contributed by atoms with Gasteiger partial charge in [-0.05, 0) is 54.1 Å². The second-order valence-electron chi connectivity index (χ2n) is 6.07.